The smallest absolute Gasteiger partial charge is 0.248 e. The van der Waals surface area contributed by atoms with E-state index < -0.39 is 0 Å². The lowest BCUT2D eigenvalue weighted by atomic mass is 10.2. The van der Waals surface area contributed by atoms with Crippen molar-refractivity contribution in [2.45, 2.75) is 19.4 Å². The van der Waals surface area contributed by atoms with Crippen molar-refractivity contribution < 1.29 is 14.6 Å². The minimum absolute atomic E-state index is 0.00645. The highest BCUT2D eigenvalue weighted by atomic mass is 16.5. The molecule has 0 spiro atoms. The van der Waals surface area contributed by atoms with Crippen molar-refractivity contribution in [2.75, 3.05) is 26.3 Å². The molecule has 70 valence electrons. The molecule has 1 aliphatic heterocycles. The molecule has 1 rings (SSSR count). The van der Waals surface area contributed by atoms with E-state index in [9.17, 15) is 4.79 Å². The number of carbonyl (C=O) groups is 1. The Labute approximate surface area is 72.1 Å². The number of aliphatic hydroxyl groups is 1. The summed E-state index contributed by atoms with van der Waals surface area (Å²) in [7, 11) is 0. The van der Waals surface area contributed by atoms with Crippen LogP contribution in [0, 0.1) is 0 Å². The maximum Gasteiger partial charge on any atom is 0.248 e. The number of nitrogens with zero attached hydrogens (tertiary/aromatic N) is 1. The summed E-state index contributed by atoms with van der Waals surface area (Å²) in [6, 6.07) is 0. The average molecular weight is 173 g/mol. The zero-order valence-corrected chi connectivity index (χ0v) is 7.32. The molecule has 1 amide bonds. The first-order valence-corrected chi connectivity index (χ1v) is 4.28. The molecule has 1 unspecified atom stereocenters. The molecule has 1 N–H and O–H groups in total. The average Bonchev–Trinajstić information content (AvgIpc) is 2.09. The highest BCUT2D eigenvalue weighted by Crippen LogP contribution is 2.06. The molecule has 1 heterocycles. The molecule has 0 radical (unpaired) electrons. The molecular weight excluding hydrogens is 158 g/mol. The molecule has 0 saturated carbocycles. The number of amides is 1. The van der Waals surface area contributed by atoms with E-state index in [2.05, 4.69) is 0 Å². The second-order valence-electron chi connectivity index (χ2n) is 2.96. The van der Waals surface area contributed by atoms with E-state index in [0.717, 1.165) is 13.0 Å². The molecule has 4 heteroatoms. The fourth-order valence-electron chi connectivity index (χ4n) is 1.28. The van der Waals surface area contributed by atoms with Gasteiger partial charge in [0.1, 0.15) is 6.61 Å². The number of carbonyl (C=O) groups excluding carboxylic acids is 1. The molecule has 1 fully saturated rings. The van der Waals surface area contributed by atoms with Crippen LogP contribution < -0.4 is 0 Å². The first kappa shape index (κ1) is 9.48. The minimum atomic E-state index is -0.186. The summed E-state index contributed by atoms with van der Waals surface area (Å²) >= 11 is 0. The van der Waals surface area contributed by atoms with Crippen LogP contribution in [0.15, 0.2) is 0 Å². The summed E-state index contributed by atoms with van der Waals surface area (Å²) in [5, 5.41) is 8.80. The SMILES string of the molecule is CCCN1CC(CO)OCC1=O. The van der Waals surface area contributed by atoms with Gasteiger partial charge in [0.2, 0.25) is 5.91 Å². The van der Waals surface area contributed by atoms with Crippen LogP contribution in [0.3, 0.4) is 0 Å². The molecule has 1 saturated heterocycles. The lowest BCUT2D eigenvalue weighted by Gasteiger charge is -2.31. The van der Waals surface area contributed by atoms with Crippen molar-refractivity contribution in [2.24, 2.45) is 0 Å². The Kier molecular flexibility index (Phi) is 3.49. The van der Waals surface area contributed by atoms with Gasteiger partial charge < -0.3 is 14.7 Å². The van der Waals surface area contributed by atoms with Gasteiger partial charge in [-0.05, 0) is 6.42 Å². The summed E-state index contributed by atoms with van der Waals surface area (Å²) in [5.74, 6) is 0.0292. The van der Waals surface area contributed by atoms with Crippen molar-refractivity contribution >= 4 is 5.91 Å². The number of ether oxygens (including phenoxy) is 1. The number of morpholine rings is 1. The van der Waals surface area contributed by atoms with Crippen LogP contribution in [0.4, 0.5) is 0 Å². The number of aliphatic hydroxyl groups excluding tert-OH is 1. The van der Waals surface area contributed by atoms with Crippen LogP contribution in [0.5, 0.6) is 0 Å². The highest BCUT2D eigenvalue weighted by Gasteiger charge is 2.24. The Hall–Kier alpha value is -0.610. The van der Waals surface area contributed by atoms with Gasteiger partial charge in [-0.1, -0.05) is 6.92 Å². The predicted molar refractivity (Wildman–Crippen MR) is 43.7 cm³/mol. The molecule has 0 aromatic carbocycles. The lowest BCUT2D eigenvalue weighted by molar-refractivity contribution is -0.150. The second kappa shape index (κ2) is 4.42. The maximum atomic E-state index is 11.2. The first-order valence-electron chi connectivity index (χ1n) is 4.28. The zero-order valence-electron chi connectivity index (χ0n) is 7.32. The highest BCUT2D eigenvalue weighted by molar-refractivity contribution is 5.78. The molecule has 1 aliphatic rings. The van der Waals surface area contributed by atoms with Crippen LogP contribution >= 0.6 is 0 Å². The Balaban J connectivity index is 2.41. The molecule has 0 aromatic heterocycles. The second-order valence-corrected chi connectivity index (χ2v) is 2.96. The Morgan fingerprint density at radius 2 is 2.50 bits per heavy atom. The van der Waals surface area contributed by atoms with Gasteiger partial charge in [-0.25, -0.2) is 0 Å². The van der Waals surface area contributed by atoms with Crippen molar-refractivity contribution in [3.05, 3.63) is 0 Å². The van der Waals surface area contributed by atoms with Gasteiger partial charge in [-0.15, -0.1) is 0 Å². The fraction of sp³-hybridized carbons (Fsp3) is 0.875. The number of hydrogen-bond donors (Lipinski definition) is 1. The first-order chi connectivity index (χ1) is 5.77. The van der Waals surface area contributed by atoms with E-state index >= 15 is 0 Å². The van der Waals surface area contributed by atoms with E-state index in [-0.39, 0.29) is 25.2 Å². The van der Waals surface area contributed by atoms with Crippen molar-refractivity contribution in [1.82, 2.24) is 4.90 Å². The zero-order chi connectivity index (χ0) is 8.97. The summed E-state index contributed by atoms with van der Waals surface area (Å²) in [6.07, 6.45) is 0.762. The molecule has 4 nitrogen and oxygen atoms in total. The molecule has 12 heavy (non-hydrogen) atoms. The minimum Gasteiger partial charge on any atom is -0.394 e. The Bertz CT molecular complexity index is 160. The third-order valence-corrected chi connectivity index (χ3v) is 1.92. The summed E-state index contributed by atoms with van der Waals surface area (Å²) in [5.41, 5.74) is 0. The van der Waals surface area contributed by atoms with Gasteiger partial charge in [0.05, 0.1) is 12.7 Å². The van der Waals surface area contributed by atoms with Gasteiger partial charge in [0.15, 0.2) is 0 Å². The van der Waals surface area contributed by atoms with Gasteiger partial charge in [0.25, 0.3) is 0 Å². The molecule has 0 bridgehead atoms. The predicted octanol–water partition coefficient (Wildman–Crippen LogP) is -0.384. The molecule has 0 aliphatic carbocycles. The van der Waals surface area contributed by atoms with Crippen LogP contribution in [-0.4, -0.2) is 48.3 Å². The third-order valence-electron chi connectivity index (χ3n) is 1.92. The Morgan fingerprint density at radius 3 is 3.08 bits per heavy atom. The van der Waals surface area contributed by atoms with Crippen LogP contribution in [0.25, 0.3) is 0 Å². The van der Waals surface area contributed by atoms with Crippen LogP contribution in [0.1, 0.15) is 13.3 Å². The van der Waals surface area contributed by atoms with E-state index in [0.29, 0.717) is 6.54 Å². The van der Waals surface area contributed by atoms with Crippen molar-refractivity contribution in [1.29, 1.82) is 0 Å². The van der Waals surface area contributed by atoms with Gasteiger partial charge in [0, 0.05) is 13.1 Å². The molecule has 0 aromatic rings. The number of hydrogen-bond acceptors (Lipinski definition) is 3. The van der Waals surface area contributed by atoms with Crippen LogP contribution in [0.2, 0.25) is 0 Å². The summed E-state index contributed by atoms with van der Waals surface area (Å²) < 4.78 is 5.07. The normalized spacial score (nSPS) is 24.7. The fourth-order valence-corrected chi connectivity index (χ4v) is 1.28. The maximum absolute atomic E-state index is 11.2. The van der Waals surface area contributed by atoms with E-state index in [1.165, 1.54) is 0 Å². The number of rotatable bonds is 3. The largest absolute Gasteiger partial charge is 0.394 e. The third kappa shape index (κ3) is 2.19. The molecule has 1 atom stereocenters. The Morgan fingerprint density at radius 1 is 1.75 bits per heavy atom. The van der Waals surface area contributed by atoms with Gasteiger partial charge in [-0.3, -0.25) is 4.79 Å². The monoisotopic (exact) mass is 173 g/mol. The van der Waals surface area contributed by atoms with Gasteiger partial charge >= 0.3 is 0 Å². The van der Waals surface area contributed by atoms with Gasteiger partial charge in [-0.2, -0.15) is 0 Å². The van der Waals surface area contributed by atoms with Crippen LogP contribution in [-0.2, 0) is 9.53 Å². The van der Waals surface area contributed by atoms with E-state index in [1.54, 1.807) is 4.90 Å². The van der Waals surface area contributed by atoms with Crippen molar-refractivity contribution in [3.63, 3.8) is 0 Å². The summed E-state index contributed by atoms with van der Waals surface area (Å²) in [4.78, 5) is 12.9. The van der Waals surface area contributed by atoms with E-state index in [4.69, 9.17) is 9.84 Å². The lowest BCUT2D eigenvalue weighted by Crippen LogP contribution is -2.48. The summed E-state index contributed by atoms with van der Waals surface area (Å²) in [6.45, 7) is 3.43. The quantitative estimate of drug-likeness (QED) is 0.632. The standard InChI is InChI=1S/C8H15NO3/c1-2-3-9-4-7(5-10)12-6-8(9)11/h7,10H,2-6H2,1H3. The topological polar surface area (TPSA) is 49.8 Å². The van der Waals surface area contributed by atoms with Crippen molar-refractivity contribution in [3.8, 4) is 0 Å². The molecular formula is C8H15NO3. The van der Waals surface area contributed by atoms with E-state index in [1.807, 2.05) is 6.92 Å².